The van der Waals surface area contributed by atoms with Crippen LogP contribution in [0.2, 0.25) is 0 Å². The van der Waals surface area contributed by atoms with E-state index in [1.54, 1.807) is 23.0 Å². The third-order valence-electron chi connectivity index (χ3n) is 5.45. The first-order valence-electron chi connectivity index (χ1n) is 10.4. The third-order valence-corrected chi connectivity index (χ3v) is 5.45. The van der Waals surface area contributed by atoms with Crippen molar-refractivity contribution in [1.82, 2.24) is 20.0 Å². The summed E-state index contributed by atoms with van der Waals surface area (Å²) in [6, 6.07) is 6.15. The summed E-state index contributed by atoms with van der Waals surface area (Å²) in [4.78, 5) is 15.1. The molecule has 0 radical (unpaired) electrons. The van der Waals surface area contributed by atoms with Crippen molar-refractivity contribution in [1.29, 1.82) is 0 Å². The Hall–Kier alpha value is -2.21. The van der Waals surface area contributed by atoms with Crippen LogP contribution in [0.5, 0.6) is 0 Å². The van der Waals surface area contributed by atoms with Crippen molar-refractivity contribution >= 4 is 5.91 Å². The molecule has 0 bridgehead atoms. The molecule has 1 atom stereocenters. The van der Waals surface area contributed by atoms with E-state index in [0.29, 0.717) is 18.5 Å². The topological polar surface area (TPSA) is 50.2 Å². The maximum Gasteiger partial charge on any atom is 0.254 e. The molecule has 1 unspecified atom stereocenters. The van der Waals surface area contributed by atoms with Gasteiger partial charge in [-0.05, 0) is 75.4 Å². The number of benzene rings is 1. The maximum absolute atomic E-state index is 13.2. The number of carbonyl (C=O) groups excluding carboxylic acids is 1. The highest BCUT2D eigenvalue weighted by Gasteiger charge is 2.18. The van der Waals surface area contributed by atoms with Crippen molar-refractivity contribution in [3.8, 4) is 5.69 Å². The smallest absolute Gasteiger partial charge is 0.254 e. The minimum absolute atomic E-state index is 0.0863. The van der Waals surface area contributed by atoms with Gasteiger partial charge in [0, 0.05) is 13.1 Å². The summed E-state index contributed by atoms with van der Waals surface area (Å²) in [5, 5.41) is 7.37. The molecule has 0 spiro atoms. The van der Waals surface area contributed by atoms with Gasteiger partial charge in [0.15, 0.2) is 0 Å². The zero-order valence-corrected chi connectivity index (χ0v) is 17.0. The second-order valence-electron chi connectivity index (χ2n) is 7.76. The Morgan fingerprint density at radius 2 is 2.07 bits per heavy atom. The molecule has 6 heteroatoms. The van der Waals surface area contributed by atoms with Crippen molar-refractivity contribution in [3.63, 3.8) is 0 Å². The van der Waals surface area contributed by atoms with Gasteiger partial charge in [-0.2, -0.15) is 5.10 Å². The van der Waals surface area contributed by atoms with E-state index in [4.69, 9.17) is 0 Å². The molecular formula is C22H31FN4O. The molecule has 2 heterocycles. The van der Waals surface area contributed by atoms with Gasteiger partial charge in [0.25, 0.3) is 5.91 Å². The van der Waals surface area contributed by atoms with Gasteiger partial charge in [-0.1, -0.05) is 13.8 Å². The third kappa shape index (κ3) is 5.19. The Bertz CT molecular complexity index is 771. The summed E-state index contributed by atoms with van der Waals surface area (Å²) in [5.41, 5.74) is 2.19. The Morgan fingerprint density at radius 1 is 1.29 bits per heavy atom. The van der Waals surface area contributed by atoms with Crippen molar-refractivity contribution in [2.45, 2.75) is 46.0 Å². The van der Waals surface area contributed by atoms with Gasteiger partial charge in [0.05, 0.1) is 23.1 Å². The number of nitrogens with one attached hydrogen (secondary N) is 1. The van der Waals surface area contributed by atoms with Gasteiger partial charge in [0.1, 0.15) is 5.82 Å². The number of amides is 1. The number of unbranched alkanes of at least 4 members (excludes halogenated alkanes) is 1. The second-order valence-corrected chi connectivity index (χ2v) is 7.76. The molecule has 1 fully saturated rings. The fourth-order valence-electron chi connectivity index (χ4n) is 3.96. The number of piperidine rings is 1. The first-order valence-corrected chi connectivity index (χ1v) is 10.4. The highest BCUT2D eigenvalue weighted by Crippen LogP contribution is 2.17. The van der Waals surface area contributed by atoms with Crippen LogP contribution in [-0.4, -0.2) is 46.8 Å². The van der Waals surface area contributed by atoms with Crippen LogP contribution in [0.25, 0.3) is 5.69 Å². The fourth-order valence-corrected chi connectivity index (χ4v) is 3.96. The number of hydrogen-bond donors (Lipinski definition) is 1. The largest absolute Gasteiger partial charge is 0.352 e. The van der Waals surface area contributed by atoms with E-state index in [2.05, 4.69) is 22.2 Å². The van der Waals surface area contributed by atoms with Gasteiger partial charge in [0.2, 0.25) is 0 Å². The predicted molar refractivity (Wildman–Crippen MR) is 109 cm³/mol. The van der Waals surface area contributed by atoms with Crippen LogP contribution in [0, 0.1) is 11.7 Å². The molecule has 5 nitrogen and oxygen atoms in total. The average Bonchev–Trinajstić information content (AvgIpc) is 3.12. The monoisotopic (exact) mass is 386 g/mol. The van der Waals surface area contributed by atoms with Gasteiger partial charge in [-0.15, -0.1) is 0 Å². The summed E-state index contributed by atoms with van der Waals surface area (Å²) in [5.74, 6) is 0.432. The van der Waals surface area contributed by atoms with E-state index in [0.717, 1.165) is 36.7 Å². The van der Waals surface area contributed by atoms with Crippen molar-refractivity contribution in [3.05, 3.63) is 47.5 Å². The molecule has 28 heavy (non-hydrogen) atoms. The minimum Gasteiger partial charge on any atom is -0.352 e. The molecular weight excluding hydrogens is 355 g/mol. The van der Waals surface area contributed by atoms with Crippen LogP contribution in [0.15, 0.2) is 30.5 Å². The zero-order chi connectivity index (χ0) is 19.9. The minimum atomic E-state index is -0.286. The molecule has 152 valence electrons. The first kappa shape index (κ1) is 20.5. The number of rotatable bonds is 8. The molecule has 1 aromatic carbocycles. The number of hydrogen-bond acceptors (Lipinski definition) is 3. The van der Waals surface area contributed by atoms with Crippen LogP contribution >= 0.6 is 0 Å². The van der Waals surface area contributed by atoms with Crippen molar-refractivity contribution < 1.29 is 9.18 Å². The van der Waals surface area contributed by atoms with Gasteiger partial charge in [-0.3, -0.25) is 4.79 Å². The zero-order valence-electron chi connectivity index (χ0n) is 17.0. The molecule has 1 N–H and O–H groups in total. The normalized spacial score (nSPS) is 17.6. The quantitative estimate of drug-likeness (QED) is 0.702. The van der Waals surface area contributed by atoms with Gasteiger partial charge < -0.3 is 10.2 Å². The van der Waals surface area contributed by atoms with E-state index in [1.807, 2.05) is 6.92 Å². The Balaban J connectivity index is 1.49. The molecule has 1 saturated heterocycles. The lowest BCUT2D eigenvalue weighted by atomic mass is 10.0. The number of halogens is 1. The molecule has 0 aliphatic carbocycles. The van der Waals surface area contributed by atoms with Crippen LogP contribution in [0.3, 0.4) is 0 Å². The number of nitrogens with zero attached hydrogens (tertiary/aromatic N) is 3. The van der Waals surface area contributed by atoms with E-state index in [9.17, 15) is 9.18 Å². The predicted octanol–water partition coefficient (Wildman–Crippen LogP) is 3.82. The molecule has 1 aliphatic rings. The molecule has 3 rings (SSSR count). The number of aromatic nitrogens is 2. The lowest BCUT2D eigenvalue weighted by Crippen LogP contribution is -2.35. The molecule has 2 aromatic rings. The van der Waals surface area contributed by atoms with Crippen molar-refractivity contribution in [2.75, 3.05) is 26.2 Å². The molecule has 1 aliphatic heterocycles. The molecule has 0 saturated carbocycles. The Labute approximate surface area is 166 Å². The number of likely N-dealkylation sites (tertiary alicyclic amines) is 1. The fraction of sp³-hybridized carbons (Fsp3) is 0.545. The van der Waals surface area contributed by atoms with E-state index >= 15 is 0 Å². The molecule has 1 aromatic heterocycles. The van der Waals surface area contributed by atoms with Crippen LogP contribution in [-0.2, 0) is 6.42 Å². The SMILES string of the molecule is CCc1c(C(=O)NCCCCN2CCCC(C)C2)cnn1-c1ccc(F)cc1. The first-order chi connectivity index (χ1) is 13.6. The summed E-state index contributed by atoms with van der Waals surface area (Å²) in [6.07, 6.45) is 7.00. The lowest BCUT2D eigenvalue weighted by molar-refractivity contribution is 0.0951. The van der Waals surface area contributed by atoms with Crippen LogP contribution < -0.4 is 5.32 Å². The van der Waals surface area contributed by atoms with Crippen LogP contribution in [0.4, 0.5) is 4.39 Å². The summed E-state index contributed by atoms with van der Waals surface area (Å²) < 4.78 is 14.9. The maximum atomic E-state index is 13.2. The average molecular weight is 387 g/mol. The Kier molecular flexibility index (Phi) is 7.20. The van der Waals surface area contributed by atoms with Gasteiger partial charge >= 0.3 is 0 Å². The van der Waals surface area contributed by atoms with Crippen molar-refractivity contribution in [2.24, 2.45) is 5.92 Å². The Morgan fingerprint density at radius 3 is 2.79 bits per heavy atom. The van der Waals surface area contributed by atoms with E-state index < -0.39 is 0 Å². The van der Waals surface area contributed by atoms with E-state index in [-0.39, 0.29) is 11.7 Å². The van der Waals surface area contributed by atoms with Gasteiger partial charge in [-0.25, -0.2) is 9.07 Å². The second kappa shape index (κ2) is 9.82. The highest BCUT2D eigenvalue weighted by atomic mass is 19.1. The standard InChI is InChI=1S/C22H31FN4O/c1-3-21-20(15-25-27(21)19-10-8-18(23)9-11-19)22(28)24-12-4-5-13-26-14-6-7-17(2)16-26/h8-11,15,17H,3-7,12-14,16H2,1-2H3,(H,24,28). The summed E-state index contributed by atoms with van der Waals surface area (Å²) in [7, 11) is 0. The number of carbonyl (C=O) groups is 1. The van der Waals surface area contributed by atoms with E-state index in [1.165, 1.54) is 38.1 Å². The molecule has 1 amide bonds. The summed E-state index contributed by atoms with van der Waals surface area (Å²) >= 11 is 0. The highest BCUT2D eigenvalue weighted by molar-refractivity contribution is 5.95. The van der Waals surface area contributed by atoms with Crippen LogP contribution in [0.1, 0.15) is 55.6 Å². The lowest BCUT2D eigenvalue weighted by Gasteiger charge is -2.30. The summed E-state index contributed by atoms with van der Waals surface area (Å²) in [6.45, 7) is 8.52.